The summed E-state index contributed by atoms with van der Waals surface area (Å²) in [5.41, 5.74) is 21.5. The summed E-state index contributed by atoms with van der Waals surface area (Å²) in [4.78, 5) is 64.4. The normalized spacial score (nSPS) is 15.0. The van der Waals surface area contributed by atoms with Gasteiger partial charge in [-0.2, -0.15) is 12.6 Å². The van der Waals surface area contributed by atoms with Gasteiger partial charge in [-0.05, 0) is 25.2 Å². The van der Waals surface area contributed by atoms with Gasteiger partial charge in [0.05, 0.1) is 6.04 Å². The number of hydrogen-bond acceptors (Lipinski definition) is 8. The largest absolute Gasteiger partial charge is 0.480 e. The van der Waals surface area contributed by atoms with E-state index in [1.807, 2.05) is 0 Å². The lowest BCUT2D eigenvalue weighted by atomic mass is 9.99. The molecular weight excluding hydrogens is 480 g/mol. The predicted molar refractivity (Wildman–Crippen MR) is 133 cm³/mol. The van der Waals surface area contributed by atoms with Crippen LogP contribution in [0.1, 0.15) is 46.0 Å². The van der Waals surface area contributed by atoms with E-state index in [4.69, 9.17) is 22.9 Å². The molecule has 0 heterocycles. The smallest absolute Gasteiger partial charge is 0.326 e. The van der Waals surface area contributed by atoms with Crippen LogP contribution in [-0.2, 0) is 24.0 Å². The van der Waals surface area contributed by atoms with Crippen LogP contribution in [0.2, 0.25) is 0 Å². The number of carboxylic acids is 1. The van der Waals surface area contributed by atoms with E-state index < -0.39 is 53.8 Å². The van der Waals surface area contributed by atoms with Crippen molar-refractivity contribution in [3.8, 4) is 0 Å². The summed E-state index contributed by atoms with van der Waals surface area (Å²) in [5, 5.41) is 16.7. The average Bonchev–Trinajstić information content (AvgIpc) is 2.79. The molecule has 5 unspecified atom stereocenters. The Labute approximate surface area is 209 Å². The lowest BCUT2D eigenvalue weighted by Gasteiger charge is -2.25. The summed E-state index contributed by atoms with van der Waals surface area (Å²) >= 11 is 4.06. The van der Waals surface area contributed by atoms with Crippen LogP contribution in [-0.4, -0.2) is 77.1 Å². The number of rotatable bonds is 17. The molecule has 0 aromatic heterocycles. The van der Waals surface area contributed by atoms with Crippen molar-refractivity contribution >= 4 is 48.2 Å². The van der Waals surface area contributed by atoms with Crippen LogP contribution in [0.5, 0.6) is 0 Å². The number of guanidine groups is 1. The first-order valence-electron chi connectivity index (χ1n) is 11.2. The zero-order valence-corrected chi connectivity index (χ0v) is 20.9. The standard InChI is InChI=1S/C20H38N8O6S/c1-3-10(2)15(19(33)34)28-18(32)13(9-35)27-17(31)12(6-7-14(22)29)26-16(30)11(21)5-4-8-25-20(23)24/h10-13,15,35H,3-9,21H2,1-2H3,(H2,22,29)(H,26,30)(H,27,31)(H,28,32)(H,33,34)(H4,23,24,25). The third-order valence-electron chi connectivity index (χ3n) is 5.21. The van der Waals surface area contributed by atoms with Gasteiger partial charge in [0.2, 0.25) is 23.6 Å². The van der Waals surface area contributed by atoms with E-state index in [2.05, 4.69) is 33.6 Å². The molecule has 35 heavy (non-hydrogen) atoms. The van der Waals surface area contributed by atoms with Crippen LogP contribution in [0.15, 0.2) is 4.99 Å². The highest BCUT2D eigenvalue weighted by Crippen LogP contribution is 2.09. The van der Waals surface area contributed by atoms with E-state index in [1.165, 1.54) is 0 Å². The number of aliphatic carboxylic acids is 1. The van der Waals surface area contributed by atoms with Crippen LogP contribution >= 0.6 is 12.6 Å². The first-order valence-corrected chi connectivity index (χ1v) is 11.8. The Morgan fingerprint density at radius 1 is 0.943 bits per heavy atom. The Morgan fingerprint density at radius 2 is 1.51 bits per heavy atom. The molecule has 0 aromatic rings. The molecule has 12 N–H and O–H groups in total. The predicted octanol–water partition coefficient (Wildman–Crippen LogP) is -2.85. The minimum absolute atomic E-state index is 0.0900. The molecular formula is C20H38N8O6S. The quantitative estimate of drug-likeness (QED) is 0.0414. The molecule has 0 rings (SSSR count). The van der Waals surface area contributed by atoms with Crippen LogP contribution < -0.4 is 38.9 Å². The van der Waals surface area contributed by atoms with Gasteiger partial charge in [-0.3, -0.25) is 24.2 Å². The second kappa shape index (κ2) is 16.5. The Kier molecular flexibility index (Phi) is 15.1. The lowest BCUT2D eigenvalue weighted by molar-refractivity contribution is -0.143. The summed E-state index contributed by atoms with van der Waals surface area (Å²) in [6.07, 6.45) is 0.779. The number of nitrogens with zero attached hydrogens (tertiary/aromatic N) is 1. The van der Waals surface area contributed by atoms with Crippen LogP contribution in [0.25, 0.3) is 0 Å². The number of amides is 4. The number of carboxylic acid groups (broad SMARTS) is 1. The molecule has 4 amide bonds. The maximum absolute atomic E-state index is 12.8. The fourth-order valence-corrected chi connectivity index (χ4v) is 3.15. The Bertz CT molecular complexity index is 777. The second-order valence-corrected chi connectivity index (χ2v) is 8.44. The molecule has 0 fully saturated rings. The fraction of sp³-hybridized carbons (Fsp3) is 0.700. The molecule has 200 valence electrons. The monoisotopic (exact) mass is 518 g/mol. The van der Waals surface area contributed by atoms with Crippen molar-refractivity contribution in [3.05, 3.63) is 0 Å². The highest BCUT2D eigenvalue weighted by Gasteiger charge is 2.31. The molecule has 0 aliphatic rings. The minimum Gasteiger partial charge on any atom is -0.480 e. The lowest BCUT2D eigenvalue weighted by Crippen LogP contribution is -2.58. The summed E-state index contributed by atoms with van der Waals surface area (Å²) in [6, 6.07) is -4.56. The highest BCUT2D eigenvalue weighted by atomic mass is 32.1. The number of hydrogen-bond donors (Lipinski definition) is 9. The van der Waals surface area contributed by atoms with Gasteiger partial charge in [0.15, 0.2) is 5.96 Å². The zero-order valence-electron chi connectivity index (χ0n) is 20.0. The van der Waals surface area contributed by atoms with Crippen LogP contribution in [0.4, 0.5) is 0 Å². The van der Waals surface area contributed by atoms with Crippen molar-refractivity contribution in [1.29, 1.82) is 0 Å². The van der Waals surface area contributed by atoms with Gasteiger partial charge in [0.1, 0.15) is 18.1 Å². The van der Waals surface area contributed by atoms with Gasteiger partial charge >= 0.3 is 5.97 Å². The zero-order chi connectivity index (χ0) is 27.1. The van der Waals surface area contributed by atoms with E-state index in [9.17, 15) is 29.1 Å². The molecule has 0 saturated heterocycles. The maximum Gasteiger partial charge on any atom is 0.326 e. The molecule has 14 nitrogen and oxygen atoms in total. The van der Waals surface area contributed by atoms with Crippen molar-refractivity contribution in [2.75, 3.05) is 12.3 Å². The number of thiol groups is 1. The van der Waals surface area contributed by atoms with Gasteiger partial charge in [-0.15, -0.1) is 0 Å². The van der Waals surface area contributed by atoms with Crippen molar-refractivity contribution < 1.29 is 29.1 Å². The SMILES string of the molecule is CCC(C)C(NC(=O)C(CS)NC(=O)C(CCC(N)=O)NC(=O)C(N)CCCN=C(N)N)C(=O)O. The number of nitrogens with one attached hydrogen (secondary N) is 3. The fourth-order valence-electron chi connectivity index (χ4n) is 2.89. The Balaban J connectivity index is 5.27. The Morgan fingerprint density at radius 3 is 2.00 bits per heavy atom. The van der Waals surface area contributed by atoms with E-state index in [-0.39, 0.29) is 43.4 Å². The van der Waals surface area contributed by atoms with Crippen molar-refractivity contribution in [2.45, 2.75) is 70.1 Å². The van der Waals surface area contributed by atoms with Crippen molar-refractivity contribution in [3.63, 3.8) is 0 Å². The molecule has 0 spiro atoms. The van der Waals surface area contributed by atoms with Gasteiger partial charge in [-0.1, -0.05) is 20.3 Å². The average molecular weight is 519 g/mol. The number of primary amides is 1. The summed E-state index contributed by atoms with van der Waals surface area (Å²) < 4.78 is 0. The number of carbonyl (C=O) groups is 5. The first kappa shape index (κ1) is 31.9. The molecule has 5 atom stereocenters. The Hall–Kier alpha value is -3.07. The van der Waals surface area contributed by atoms with E-state index in [0.29, 0.717) is 12.8 Å². The molecule has 15 heteroatoms. The minimum atomic E-state index is -1.22. The van der Waals surface area contributed by atoms with E-state index >= 15 is 0 Å². The van der Waals surface area contributed by atoms with Crippen molar-refractivity contribution in [2.24, 2.45) is 33.8 Å². The third kappa shape index (κ3) is 12.8. The topological polar surface area (TPSA) is 258 Å². The highest BCUT2D eigenvalue weighted by molar-refractivity contribution is 7.80. The van der Waals surface area contributed by atoms with E-state index in [0.717, 1.165) is 0 Å². The molecule has 0 aromatic carbocycles. The van der Waals surface area contributed by atoms with Gasteiger partial charge in [0, 0.05) is 18.7 Å². The van der Waals surface area contributed by atoms with Crippen LogP contribution in [0, 0.1) is 5.92 Å². The van der Waals surface area contributed by atoms with Gasteiger partial charge < -0.3 is 44.0 Å². The molecule has 0 aliphatic carbocycles. The number of carbonyl (C=O) groups excluding carboxylic acids is 4. The first-order chi connectivity index (χ1) is 16.3. The number of nitrogens with two attached hydrogens (primary N) is 4. The summed E-state index contributed by atoms with van der Waals surface area (Å²) in [6.45, 7) is 3.72. The summed E-state index contributed by atoms with van der Waals surface area (Å²) in [7, 11) is 0. The van der Waals surface area contributed by atoms with Crippen LogP contribution in [0.3, 0.4) is 0 Å². The molecule has 0 aliphatic heterocycles. The third-order valence-corrected chi connectivity index (χ3v) is 5.57. The second-order valence-electron chi connectivity index (χ2n) is 8.08. The van der Waals surface area contributed by atoms with Crippen molar-refractivity contribution in [1.82, 2.24) is 16.0 Å². The van der Waals surface area contributed by atoms with Gasteiger partial charge in [0.25, 0.3) is 0 Å². The van der Waals surface area contributed by atoms with Gasteiger partial charge in [-0.25, -0.2) is 4.79 Å². The molecule has 0 bridgehead atoms. The maximum atomic E-state index is 12.8. The number of aliphatic imine (C=N–C) groups is 1. The molecule has 0 saturated carbocycles. The van der Waals surface area contributed by atoms with E-state index in [1.54, 1.807) is 13.8 Å². The summed E-state index contributed by atoms with van der Waals surface area (Å²) in [5.74, 6) is -4.69. The molecule has 0 radical (unpaired) electrons.